The number of methoxy groups -OCH3 is 1. The maximum absolute atomic E-state index is 12.7. The highest BCUT2D eigenvalue weighted by atomic mass is 16.5. The number of ether oxygens (including phenoxy) is 2. The number of hydrogen-bond acceptors (Lipinski definition) is 4. The van der Waals surface area contributed by atoms with Crippen LogP contribution in [0, 0.1) is 5.41 Å². The number of amides is 1. The zero-order valence-electron chi connectivity index (χ0n) is 14.5. The van der Waals surface area contributed by atoms with Crippen molar-refractivity contribution in [2.45, 2.75) is 39.3 Å². The van der Waals surface area contributed by atoms with E-state index in [-0.39, 0.29) is 18.1 Å². The minimum atomic E-state index is -0.463. The molecule has 2 rings (SSSR count). The van der Waals surface area contributed by atoms with Gasteiger partial charge >= 0.3 is 0 Å². The molecule has 2 N–H and O–H groups in total. The van der Waals surface area contributed by atoms with Crippen molar-refractivity contribution in [2.75, 3.05) is 26.8 Å². The lowest BCUT2D eigenvalue weighted by molar-refractivity contribution is -0.133. The Hall–Kier alpha value is -1.59. The van der Waals surface area contributed by atoms with E-state index in [1.165, 1.54) is 0 Å². The normalized spacial score (nSPS) is 22.1. The number of rotatable bonds is 7. The summed E-state index contributed by atoms with van der Waals surface area (Å²) in [5.41, 5.74) is 0.574. The molecule has 5 nitrogen and oxygen atoms in total. The van der Waals surface area contributed by atoms with Crippen LogP contribution >= 0.6 is 0 Å². The van der Waals surface area contributed by atoms with Crippen molar-refractivity contribution >= 4 is 5.91 Å². The Labute approximate surface area is 138 Å². The van der Waals surface area contributed by atoms with Gasteiger partial charge in [-0.3, -0.25) is 4.79 Å². The highest BCUT2D eigenvalue weighted by Gasteiger charge is 2.41. The molecule has 0 bridgehead atoms. The largest absolute Gasteiger partial charge is 0.491 e. The Morgan fingerprint density at radius 1 is 1.39 bits per heavy atom. The summed E-state index contributed by atoms with van der Waals surface area (Å²) in [7, 11) is 1.64. The SMILES string of the molecule is COCC1(C(=O)NC(C)c2cccc(OC(C)C)c2)CCNC1. The van der Waals surface area contributed by atoms with E-state index in [2.05, 4.69) is 10.6 Å². The molecule has 1 aromatic rings. The van der Waals surface area contributed by atoms with E-state index >= 15 is 0 Å². The van der Waals surface area contributed by atoms with Gasteiger partial charge in [0.1, 0.15) is 5.75 Å². The van der Waals surface area contributed by atoms with Crippen molar-refractivity contribution in [1.82, 2.24) is 10.6 Å². The fraction of sp³-hybridized carbons (Fsp3) is 0.611. The van der Waals surface area contributed by atoms with E-state index < -0.39 is 5.41 Å². The lowest BCUT2D eigenvalue weighted by atomic mass is 9.86. The summed E-state index contributed by atoms with van der Waals surface area (Å²) in [6.07, 6.45) is 0.931. The Kier molecular flexibility index (Phi) is 6.02. The van der Waals surface area contributed by atoms with Crippen LogP contribution < -0.4 is 15.4 Å². The summed E-state index contributed by atoms with van der Waals surface area (Å²) in [6.45, 7) is 7.95. The molecule has 1 aliphatic rings. The van der Waals surface area contributed by atoms with Gasteiger partial charge in [-0.2, -0.15) is 0 Å². The molecule has 23 heavy (non-hydrogen) atoms. The molecule has 0 aromatic heterocycles. The molecule has 1 amide bonds. The molecule has 2 unspecified atom stereocenters. The zero-order chi connectivity index (χ0) is 16.9. The van der Waals surface area contributed by atoms with Crippen molar-refractivity contribution in [1.29, 1.82) is 0 Å². The zero-order valence-corrected chi connectivity index (χ0v) is 14.5. The first-order chi connectivity index (χ1) is 11.0. The quantitative estimate of drug-likeness (QED) is 0.809. The third kappa shape index (κ3) is 4.45. The fourth-order valence-electron chi connectivity index (χ4n) is 2.96. The highest BCUT2D eigenvalue weighted by molar-refractivity contribution is 5.84. The van der Waals surface area contributed by atoms with Gasteiger partial charge in [-0.05, 0) is 51.4 Å². The van der Waals surface area contributed by atoms with Gasteiger partial charge in [0.2, 0.25) is 5.91 Å². The topological polar surface area (TPSA) is 59.6 Å². The molecular formula is C18H28N2O3. The third-order valence-corrected chi connectivity index (χ3v) is 4.22. The van der Waals surface area contributed by atoms with E-state index in [1.54, 1.807) is 7.11 Å². The van der Waals surface area contributed by atoms with Crippen molar-refractivity contribution < 1.29 is 14.3 Å². The summed E-state index contributed by atoms with van der Waals surface area (Å²) in [4.78, 5) is 12.7. The molecule has 1 aliphatic heterocycles. The molecule has 128 valence electrons. The van der Waals surface area contributed by atoms with Gasteiger partial charge in [-0.1, -0.05) is 12.1 Å². The molecule has 1 heterocycles. The maximum Gasteiger partial charge on any atom is 0.230 e. The molecule has 0 aliphatic carbocycles. The number of carbonyl (C=O) groups is 1. The summed E-state index contributed by atoms with van der Waals surface area (Å²) in [5, 5.41) is 6.39. The van der Waals surface area contributed by atoms with Crippen molar-refractivity contribution in [2.24, 2.45) is 5.41 Å². The molecule has 5 heteroatoms. The average Bonchev–Trinajstić information content (AvgIpc) is 2.97. The van der Waals surface area contributed by atoms with Crippen LogP contribution in [-0.2, 0) is 9.53 Å². The summed E-state index contributed by atoms with van der Waals surface area (Å²) in [5.74, 6) is 0.875. The average molecular weight is 320 g/mol. The monoisotopic (exact) mass is 320 g/mol. The van der Waals surface area contributed by atoms with E-state index in [0.29, 0.717) is 13.2 Å². The number of carbonyl (C=O) groups excluding carboxylic acids is 1. The van der Waals surface area contributed by atoms with Gasteiger partial charge in [0.05, 0.1) is 24.2 Å². The van der Waals surface area contributed by atoms with Crippen LogP contribution in [-0.4, -0.2) is 38.8 Å². The molecule has 0 spiro atoms. The van der Waals surface area contributed by atoms with Gasteiger partial charge < -0.3 is 20.1 Å². The predicted octanol–water partition coefficient (Wildman–Crippen LogP) is 2.28. The van der Waals surface area contributed by atoms with Gasteiger partial charge in [0.15, 0.2) is 0 Å². The van der Waals surface area contributed by atoms with E-state index in [9.17, 15) is 4.79 Å². The van der Waals surface area contributed by atoms with Crippen molar-refractivity contribution in [3.63, 3.8) is 0 Å². The first-order valence-electron chi connectivity index (χ1n) is 8.24. The number of benzene rings is 1. The second-order valence-corrected chi connectivity index (χ2v) is 6.57. The predicted molar refractivity (Wildman–Crippen MR) is 90.6 cm³/mol. The van der Waals surface area contributed by atoms with Crippen LogP contribution in [0.5, 0.6) is 5.75 Å². The number of hydrogen-bond donors (Lipinski definition) is 2. The van der Waals surface area contributed by atoms with E-state index in [0.717, 1.165) is 24.3 Å². The molecular weight excluding hydrogens is 292 g/mol. The molecule has 1 saturated heterocycles. The second kappa shape index (κ2) is 7.79. The summed E-state index contributed by atoms with van der Waals surface area (Å²) >= 11 is 0. The van der Waals surface area contributed by atoms with Crippen LogP contribution in [0.25, 0.3) is 0 Å². The molecule has 1 fully saturated rings. The number of nitrogens with one attached hydrogen (secondary N) is 2. The van der Waals surface area contributed by atoms with Gasteiger partial charge in [0.25, 0.3) is 0 Å². The molecule has 2 atom stereocenters. The summed E-state index contributed by atoms with van der Waals surface area (Å²) in [6, 6.07) is 7.81. The first-order valence-corrected chi connectivity index (χ1v) is 8.24. The smallest absolute Gasteiger partial charge is 0.230 e. The minimum absolute atomic E-state index is 0.0482. The Morgan fingerprint density at radius 2 is 2.17 bits per heavy atom. The Bertz CT molecular complexity index is 525. The lowest BCUT2D eigenvalue weighted by Crippen LogP contribution is -2.46. The third-order valence-electron chi connectivity index (χ3n) is 4.22. The van der Waals surface area contributed by atoms with Crippen molar-refractivity contribution in [3.05, 3.63) is 29.8 Å². The Morgan fingerprint density at radius 3 is 2.78 bits per heavy atom. The van der Waals surface area contributed by atoms with Gasteiger partial charge in [-0.25, -0.2) is 0 Å². The minimum Gasteiger partial charge on any atom is -0.491 e. The van der Waals surface area contributed by atoms with E-state index in [4.69, 9.17) is 9.47 Å². The van der Waals surface area contributed by atoms with Crippen LogP contribution in [0.1, 0.15) is 38.8 Å². The maximum atomic E-state index is 12.7. The van der Waals surface area contributed by atoms with Crippen LogP contribution in [0.15, 0.2) is 24.3 Å². The van der Waals surface area contributed by atoms with Crippen molar-refractivity contribution in [3.8, 4) is 5.75 Å². The van der Waals surface area contributed by atoms with Gasteiger partial charge in [-0.15, -0.1) is 0 Å². The standard InChI is InChI=1S/C18H28N2O3/c1-13(2)23-16-7-5-6-15(10-16)14(3)20-17(21)18(12-22-4)8-9-19-11-18/h5-7,10,13-14,19H,8-9,11-12H2,1-4H3,(H,20,21). The molecule has 0 radical (unpaired) electrons. The lowest BCUT2D eigenvalue weighted by Gasteiger charge is -2.28. The Balaban J connectivity index is 2.05. The highest BCUT2D eigenvalue weighted by Crippen LogP contribution is 2.28. The van der Waals surface area contributed by atoms with Crippen LogP contribution in [0.3, 0.4) is 0 Å². The van der Waals surface area contributed by atoms with Gasteiger partial charge in [0, 0.05) is 13.7 Å². The molecule has 1 aromatic carbocycles. The van der Waals surface area contributed by atoms with Crippen LogP contribution in [0.2, 0.25) is 0 Å². The first kappa shape index (κ1) is 17.8. The summed E-state index contributed by atoms with van der Waals surface area (Å²) < 4.78 is 11.0. The molecule has 0 saturated carbocycles. The van der Waals surface area contributed by atoms with E-state index in [1.807, 2.05) is 45.0 Å². The second-order valence-electron chi connectivity index (χ2n) is 6.57. The fourth-order valence-corrected chi connectivity index (χ4v) is 2.96. The van der Waals surface area contributed by atoms with Crippen LogP contribution in [0.4, 0.5) is 0 Å².